The van der Waals surface area contributed by atoms with Crippen LogP contribution in [0.15, 0.2) is 23.9 Å². The molecule has 3 nitrogen and oxygen atoms in total. The minimum atomic E-state index is -0.461. The third-order valence-electron chi connectivity index (χ3n) is 5.46. The van der Waals surface area contributed by atoms with Crippen molar-refractivity contribution in [3.05, 3.63) is 57.0 Å². The van der Waals surface area contributed by atoms with Gasteiger partial charge in [-0.05, 0) is 74.9 Å². The molecule has 0 unspecified atom stereocenters. The molecule has 0 saturated carbocycles. The number of aromatic nitrogens is 2. The molecule has 146 valence electrons. The number of methoxy groups -OCH3 is 1. The molecule has 1 heterocycles. The Labute approximate surface area is 170 Å². The van der Waals surface area contributed by atoms with Crippen LogP contribution >= 0.6 is 11.6 Å². The molecule has 0 aliphatic rings. The molecule has 0 amide bonds. The van der Waals surface area contributed by atoms with Crippen molar-refractivity contribution >= 4 is 28.1 Å². The van der Waals surface area contributed by atoms with E-state index in [-0.39, 0.29) is 11.5 Å². The van der Waals surface area contributed by atoms with E-state index in [0.717, 1.165) is 33.4 Å². The number of nitrogens with zero attached hydrogens (tertiary/aromatic N) is 2. The van der Waals surface area contributed by atoms with Crippen LogP contribution in [0.3, 0.4) is 0 Å². The van der Waals surface area contributed by atoms with Crippen molar-refractivity contribution < 1.29 is 9.13 Å². The lowest BCUT2D eigenvalue weighted by Gasteiger charge is -2.20. The number of ether oxygens (including phenoxy) is 1. The minimum Gasteiger partial charge on any atom is -0.467 e. The van der Waals surface area contributed by atoms with Gasteiger partial charge in [-0.1, -0.05) is 29.3 Å². The minimum absolute atomic E-state index is 0.125. The summed E-state index contributed by atoms with van der Waals surface area (Å²) in [4.78, 5) is 8.35. The summed E-state index contributed by atoms with van der Waals surface area (Å²) in [6, 6.07) is 4.07. The summed E-state index contributed by atoms with van der Waals surface area (Å²) in [7, 11) is 1.46. The molecule has 0 N–H and O–H groups in total. The zero-order valence-electron chi connectivity index (χ0n) is 17.3. The second kappa shape index (κ2) is 7.51. The quantitative estimate of drug-likeness (QED) is 0.484. The van der Waals surface area contributed by atoms with Gasteiger partial charge in [-0.25, -0.2) is 9.37 Å². The number of aryl methyl sites for hydroxylation is 2. The van der Waals surface area contributed by atoms with Crippen molar-refractivity contribution in [1.82, 2.24) is 9.97 Å². The van der Waals surface area contributed by atoms with Gasteiger partial charge in [0.15, 0.2) is 5.82 Å². The average Bonchev–Trinajstić information content (AvgIpc) is 2.68. The summed E-state index contributed by atoms with van der Waals surface area (Å²) in [5.41, 5.74) is 7.66. The Balaban J connectivity index is 2.49. The van der Waals surface area contributed by atoms with Gasteiger partial charge >= 0.3 is 6.01 Å². The molecule has 3 aromatic rings. The van der Waals surface area contributed by atoms with E-state index in [1.807, 2.05) is 19.1 Å². The molecule has 0 fully saturated rings. The van der Waals surface area contributed by atoms with Gasteiger partial charge in [0.25, 0.3) is 0 Å². The van der Waals surface area contributed by atoms with Gasteiger partial charge in [0.1, 0.15) is 5.52 Å². The van der Waals surface area contributed by atoms with E-state index in [0.29, 0.717) is 16.0 Å². The Bertz CT molecular complexity index is 1130. The molecule has 2 aromatic carbocycles. The first-order chi connectivity index (χ1) is 13.2. The second-order valence-corrected chi connectivity index (χ2v) is 7.68. The van der Waals surface area contributed by atoms with Crippen LogP contribution in [0.1, 0.15) is 43.0 Å². The summed E-state index contributed by atoms with van der Waals surface area (Å²) < 4.78 is 20.8. The highest BCUT2D eigenvalue weighted by molar-refractivity contribution is 6.35. The highest BCUT2D eigenvalue weighted by atomic mass is 35.5. The molecule has 3 rings (SSSR count). The Kier molecular flexibility index (Phi) is 5.44. The number of rotatable bonds is 3. The Morgan fingerprint density at radius 2 is 1.75 bits per heavy atom. The van der Waals surface area contributed by atoms with Crippen molar-refractivity contribution in [2.45, 2.75) is 41.5 Å². The van der Waals surface area contributed by atoms with Crippen LogP contribution in [0, 0.1) is 26.6 Å². The molecular weight excluding hydrogens is 375 g/mol. The van der Waals surface area contributed by atoms with Crippen LogP contribution in [0.5, 0.6) is 6.01 Å². The Morgan fingerprint density at radius 3 is 2.36 bits per heavy atom. The van der Waals surface area contributed by atoms with E-state index >= 15 is 4.39 Å². The van der Waals surface area contributed by atoms with E-state index in [2.05, 4.69) is 44.6 Å². The largest absolute Gasteiger partial charge is 0.467 e. The molecular formula is C23H24ClFN2O. The van der Waals surface area contributed by atoms with Crippen molar-refractivity contribution in [1.29, 1.82) is 0 Å². The van der Waals surface area contributed by atoms with Crippen LogP contribution < -0.4 is 4.74 Å². The monoisotopic (exact) mass is 398 g/mol. The normalized spacial score (nSPS) is 11.0. The Morgan fingerprint density at radius 1 is 1.07 bits per heavy atom. The molecule has 0 atom stereocenters. The number of halogens is 2. The van der Waals surface area contributed by atoms with E-state index in [1.54, 1.807) is 6.20 Å². The molecule has 0 aliphatic heterocycles. The molecule has 0 radical (unpaired) electrons. The zero-order chi connectivity index (χ0) is 20.7. The van der Waals surface area contributed by atoms with E-state index in [1.165, 1.54) is 12.7 Å². The second-order valence-electron chi connectivity index (χ2n) is 7.30. The predicted molar refractivity (Wildman–Crippen MR) is 115 cm³/mol. The summed E-state index contributed by atoms with van der Waals surface area (Å²) in [5.74, 6) is -0.461. The summed E-state index contributed by atoms with van der Waals surface area (Å²) in [6.07, 6.45) is 1.55. The number of hydrogen-bond donors (Lipinski definition) is 0. The fourth-order valence-electron chi connectivity index (χ4n) is 3.42. The first kappa shape index (κ1) is 20.3. The van der Waals surface area contributed by atoms with Crippen molar-refractivity contribution in [2.75, 3.05) is 7.11 Å². The highest BCUT2D eigenvalue weighted by Gasteiger charge is 2.23. The van der Waals surface area contributed by atoms with E-state index in [4.69, 9.17) is 16.3 Å². The summed E-state index contributed by atoms with van der Waals surface area (Å²) >= 11 is 6.69. The maximum absolute atomic E-state index is 15.7. The first-order valence-electron chi connectivity index (χ1n) is 9.12. The highest BCUT2D eigenvalue weighted by Crippen LogP contribution is 2.43. The van der Waals surface area contributed by atoms with Crippen LogP contribution in [0.4, 0.5) is 4.39 Å². The van der Waals surface area contributed by atoms with Gasteiger partial charge in [0, 0.05) is 17.1 Å². The number of fused-ring (bicyclic) bond motifs is 1. The lowest BCUT2D eigenvalue weighted by atomic mass is 9.86. The standard InChI is InChI=1S/C23H24ClFN2O/c1-11(2)13(4)18-14(5)12(3)8-9-16(18)19-20(24)15(6)17-10-26-23(28-7)27-22(17)21(19)25/h8-10H,1-7H3. The van der Waals surface area contributed by atoms with Crippen LogP contribution in [-0.2, 0) is 0 Å². The number of benzene rings is 2. The molecule has 5 heteroatoms. The lowest BCUT2D eigenvalue weighted by Crippen LogP contribution is -2.02. The van der Waals surface area contributed by atoms with Gasteiger partial charge in [0.2, 0.25) is 0 Å². The van der Waals surface area contributed by atoms with Gasteiger partial charge in [-0.15, -0.1) is 0 Å². The zero-order valence-corrected chi connectivity index (χ0v) is 18.0. The lowest BCUT2D eigenvalue weighted by molar-refractivity contribution is 0.381. The van der Waals surface area contributed by atoms with Crippen molar-refractivity contribution in [3.63, 3.8) is 0 Å². The van der Waals surface area contributed by atoms with E-state index in [9.17, 15) is 0 Å². The maximum atomic E-state index is 15.7. The number of hydrogen-bond acceptors (Lipinski definition) is 3. The molecule has 28 heavy (non-hydrogen) atoms. The molecule has 0 spiro atoms. The van der Waals surface area contributed by atoms with Crippen LogP contribution in [-0.4, -0.2) is 17.1 Å². The van der Waals surface area contributed by atoms with Crippen molar-refractivity contribution in [3.8, 4) is 17.1 Å². The maximum Gasteiger partial charge on any atom is 0.316 e. The SMILES string of the molecule is COc1ncc2c(C)c(Cl)c(-c3ccc(C)c(C)c3C(C)=C(C)C)c(F)c2n1. The van der Waals surface area contributed by atoms with Gasteiger partial charge < -0.3 is 4.74 Å². The molecule has 0 aliphatic carbocycles. The van der Waals surface area contributed by atoms with Crippen molar-refractivity contribution in [2.24, 2.45) is 0 Å². The fraction of sp³-hybridized carbons (Fsp3) is 0.304. The van der Waals surface area contributed by atoms with Gasteiger partial charge in [-0.3, -0.25) is 0 Å². The summed E-state index contributed by atoms with van der Waals surface area (Å²) in [6.45, 7) is 12.2. The third-order valence-corrected chi connectivity index (χ3v) is 5.93. The molecule has 0 saturated heterocycles. The van der Waals surface area contributed by atoms with E-state index < -0.39 is 5.82 Å². The Hall–Kier alpha value is -2.46. The fourth-order valence-corrected chi connectivity index (χ4v) is 3.71. The number of allylic oxidation sites excluding steroid dienone is 2. The average molecular weight is 399 g/mol. The van der Waals surface area contributed by atoms with Crippen LogP contribution in [0.25, 0.3) is 27.6 Å². The topological polar surface area (TPSA) is 35.0 Å². The smallest absolute Gasteiger partial charge is 0.316 e. The van der Waals surface area contributed by atoms with Gasteiger partial charge in [0.05, 0.1) is 12.1 Å². The molecule has 0 bridgehead atoms. The predicted octanol–water partition coefficient (Wildman–Crippen LogP) is 6.84. The first-order valence-corrected chi connectivity index (χ1v) is 9.50. The third kappa shape index (κ3) is 3.16. The van der Waals surface area contributed by atoms with Gasteiger partial charge in [-0.2, -0.15) is 4.98 Å². The molecule has 1 aromatic heterocycles. The summed E-state index contributed by atoms with van der Waals surface area (Å²) in [5, 5.41) is 0.959. The van der Waals surface area contributed by atoms with Crippen LogP contribution in [0.2, 0.25) is 5.02 Å².